The molecule has 7 nitrogen and oxygen atoms in total. The monoisotopic (exact) mass is 406 g/mol. The molecule has 1 amide bonds. The first kappa shape index (κ1) is 19.4. The minimum absolute atomic E-state index is 0.0718. The second-order valence-corrected chi connectivity index (χ2v) is 8.87. The van der Waals surface area contributed by atoms with Gasteiger partial charge in [-0.2, -0.15) is 0 Å². The minimum Gasteiger partial charge on any atom is -0.455 e. The number of thioether (sulfide) groups is 1. The van der Waals surface area contributed by atoms with Gasteiger partial charge in [-0.25, -0.2) is 13.6 Å². The lowest BCUT2D eigenvalue weighted by Gasteiger charge is -2.11. The van der Waals surface area contributed by atoms with Crippen molar-refractivity contribution in [1.82, 2.24) is 0 Å². The van der Waals surface area contributed by atoms with Crippen molar-refractivity contribution < 1.29 is 22.7 Å². The highest BCUT2D eigenvalue weighted by Crippen LogP contribution is 2.37. The van der Waals surface area contributed by atoms with Gasteiger partial charge in [0.1, 0.15) is 5.25 Å². The number of aryl methyl sites for hydroxylation is 1. The number of sulfonamides is 1. The van der Waals surface area contributed by atoms with Gasteiger partial charge in [0.2, 0.25) is 10.0 Å². The van der Waals surface area contributed by atoms with Crippen LogP contribution in [0.4, 0.5) is 5.69 Å². The first-order valence-corrected chi connectivity index (χ1v) is 10.5. The van der Waals surface area contributed by atoms with E-state index >= 15 is 0 Å². The molecule has 0 bridgehead atoms. The number of primary sulfonamides is 1. The third kappa shape index (κ3) is 4.68. The van der Waals surface area contributed by atoms with Gasteiger partial charge in [0.05, 0.1) is 4.90 Å². The predicted molar refractivity (Wildman–Crippen MR) is 102 cm³/mol. The smallest absolute Gasteiger partial charge is 0.320 e. The molecule has 1 aliphatic heterocycles. The zero-order valence-electron chi connectivity index (χ0n) is 14.5. The Bertz CT molecular complexity index is 980. The standard InChI is InChI=1S/C18H18N2O5S2/c1-11-6-7-13(9-16(11)27(19,23)24)20-17(21)10-25-18(22)15-8-12-4-2-3-5-14(12)26-15/h2-7,9,15H,8,10H2,1H3,(H,20,21)(H2,19,23,24). The van der Waals surface area contributed by atoms with Gasteiger partial charge in [0.25, 0.3) is 5.91 Å². The summed E-state index contributed by atoms with van der Waals surface area (Å²) in [6, 6.07) is 12.1. The first-order valence-electron chi connectivity index (χ1n) is 8.08. The molecule has 0 aromatic heterocycles. The lowest BCUT2D eigenvalue weighted by molar-refractivity contribution is -0.146. The molecule has 0 fully saturated rings. The van der Waals surface area contributed by atoms with Crippen molar-refractivity contribution in [3.8, 4) is 0 Å². The highest BCUT2D eigenvalue weighted by atomic mass is 32.2. The van der Waals surface area contributed by atoms with E-state index in [1.807, 2.05) is 24.3 Å². The molecule has 0 aliphatic carbocycles. The number of hydrogen-bond acceptors (Lipinski definition) is 6. The second kappa shape index (κ2) is 7.71. The van der Waals surface area contributed by atoms with Crippen LogP contribution < -0.4 is 10.5 Å². The molecule has 27 heavy (non-hydrogen) atoms. The lowest BCUT2D eigenvalue weighted by atomic mass is 10.1. The summed E-state index contributed by atoms with van der Waals surface area (Å²) in [6.45, 7) is 1.15. The second-order valence-electron chi connectivity index (χ2n) is 6.10. The zero-order chi connectivity index (χ0) is 19.6. The van der Waals surface area contributed by atoms with E-state index in [1.54, 1.807) is 13.0 Å². The Morgan fingerprint density at radius 3 is 2.70 bits per heavy atom. The molecule has 142 valence electrons. The van der Waals surface area contributed by atoms with Gasteiger partial charge >= 0.3 is 5.97 Å². The molecule has 2 aromatic rings. The van der Waals surface area contributed by atoms with Crippen molar-refractivity contribution in [1.29, 1.82) is 0 Å². The molecule has 1 unspecified atom stereocenters. The number of rotatable bonds is 5. The third-order valence-corrected chi connectivity index (χ3v) is 6.38. The van der Waals surface area contributed by atoms with Crippen LogP contribution >= 0.6 is 11.8 Å². The van der Waals surface area contributed by atoms with Crippen LogP contribution in [0.5, 0.6) is 0 Å². The summed E-state index contributed by atoms with van der Waals surface area (Å²) in [6.07, 6.45) is 0.566. The van der Waals surface area contributed by atoms with Crippen molar-refractivity contribution in [2.75, 3.05) is 11.9 Å². The number of nitrogens with two attached hydrogens (primary N) is 1. The molecule has 1 aliphatic rings. The largest absolute Gasteiger partial charge is 0.455 e. The average Bonchev–Trinajstić information content (AvgIpc) is 3.04. The molecule has 0 spiro atoms. The van der Waals surface area contributed by atoms with Crippen molar-refractivity contribution in [3.63, 3.8) is 0 Å². The summed E-state index contributed by atoms with van der Waals surface area (Å²) in [5.41, 5.74) is 1.82. The van der Waals surface area contributed by atoms with Crippen molar-refractivity contribution in [2.24, 2.45) is 5.14 Å². The van der Waals surface area contributed by atoms with E-state index < -0.39 is 28.5 Å². The van der Waals surface area contributed by atoms with Crippen LogP contribution in [0.1, 0.15) is 11.1 Å². The highest BCUT2D eigenvalue weighted by Gasteiger charge is 2.29. The fourth-order valence-corrected chi connectivity index (χ4v) is 4.73. The maximum Gasteiger partial charge on any atom is 0.320 e. The van der Waals surface area contributed by atoms with Gasteiger partial charge in [-0.15, -0.1) is 11.8 Å². The summed E-state index contributed by atoms with van der Waals surface area (Å²) in [4.78, 5) is 25.2. The molecule has 3 N–H and O–H groups in total. The lowest BCUT2D eigenvalue weighted by Crippen LogP contribution is -2.26. The van der Waals surface area contributed by atoms with Crippen LogP contribution in [0, 0.1) is 6.92 Å². The zero-order valence-corrected chi connectivity index (χ0v) is 16.1. The van der Waals surface area contributed by atoms with Gasteiger partial charge in [-0.1, -0.05) is 24.3 Å². The summed E-state index contributed by atoms with van der Waals surface area (Å²) >= 11 is 1.42. The molecule has 1 atom stereocenters. The molecule has 1 heterocycles. The van der Waals surface area contributed by atoms with E-state index in [2.05, 4.69) is 5.32 Å². The molecule has 9 heteroatoms. The quantitative estimate of drug-likeness (QED) is 0.732. The van der Waals surface area contributed by atoms with Crippen LogP contribution in [0.3, 0.4) is 0 Å². The van der Waals surface area contributed by atoms with Crippen molar-refractivity contribution >= 4 is 39.3 Å². The van der Waals surface area contributed by atoms with Gasteiger partial charge in [-0.3, -0.25) is 9.59 Å². The van der Waals surface area contributed by atoms with E-state index in [-0.39, 0.29) is 15.8 Å². The maximum absolute atomic E-state index is 12.2. The van der Waals surface area contributed by atoms with E-state index in [1.165, 1.54) is 23.9 Å². The number of anilines is 1. The Morgan fingerprint density at radius 2 is 2.00 bits per heavy atom. The number of esters is 1. The Labute approximate surface area is 161 Å². The SMILES string of the molecule is Cc1ccc(NC(=O)COC(=O)C2Cc3ccccc3S2)cc1S(N)(=O)=O. The van der Waals surface area contributed by atoms with E-state index in [0.29, 0.717) is 12.0 Å². The van der Waals surface area contributed by atoms with Crippen LogP contribution in [-0.4, -0.2) is 32.2 Å². The van der Waals surface area contributed by atoms with Gasteiger partial charge in [0.15, 0.2) is 6.61 Å². The minimum atomic E-state index is -3.89. The van der Waals surface area contributed by atoms with E-state index in [9.17, 15) is 18.0 Å². The van der Waals surface area contributed by atoms with Gasteiger partial charge in [-0.05, 0) is 42.7 Å². The number of nitrogens with one attached hydrogen (secondary N) is 1. The number of carbonyl (C=O) groups is 2. The van der Waals surface area contributed by atoms with E-state index in [4.69, 9.17) is 9.88 Å². The Hall–Kier alpha value is -2.36. The average molecular weight is 406 g/mol. The van der Waals surface area contributed by atoms with Crippen LogP contribution in [-0.2, 0) is 30.8 Å². The van der Waals surface area contributed by atoms with Crippen LogP contribution in [0.25, 0.3) is 0 Å². The highest BCUT2D eigenvalue weighted by molar-refractivity contribution is 8.01. The van der Waals surface area contributed by atoms with Crippen LogP contribution in [0.2, 0.25) is 0 Å². The number of amides is 1. The number of carbonyl (C=O) groups excluding carboxylic acids is 2. The summed E-state index contributed by atoms with van der Waals surface area (Å²) in [5, 5.41) is 7.28. The Kier molecular flexibility index (Phi) is 5.54. The maximum atomic E-state index is 12.2. The van der Waals surface area contributed by atoms with Crippen LogP contribution in [0.15, 0.2) is 52.3 Å². The normalized spacial score (nSPS) is 15.9. The first-order chi connectivity index (χ1) is 12.7. The number of ether oxygens (including phenoxy) is 1. The molecule has 0 radical (unpaired) electrons. The van der Waals surface area contributed by atoms with E-state index in [0.717, 1.165) is 10.5 Å². The molecule has 3 rings (SSSR count). The molecule has 0 saturated heterocycles. The molecular formula is C18H18N2O5S2. The van der Waals surface area contributed by atoms with Gasteiger partial charge < -0.3 is 10.1 Å². The third-order valence-electron chi connectivity index (χ3n) is 4.03. The number of benzene rings is 2. The molecule has 2 aromatic carbocycles. The summed E-state index contributed by atoms with van der Waals surface area (Å²) < 4.78 is 28.2. The molecule has 0 saturated carbocycles. The van der Waals surface area contributed by atoms with Crippen molar-refractivity contribution in [3.05, 3.63) is 53.6 Å². The molecular weight excluding hydrogens is 388 g/mol. The van der Waals surface area contributed by atoms with Crippen molar-refractivity contribution in [2.45, 2.75) is 28.4 Å². The Balaban J connectivity index is 1.55. The topological polar surface area (TPSA) is 116 Å². The number of fused-ring (bicyclic) bond motifs is 1. The fraction of sp³-hybridized carbons (Fsp3) is 0.222. The summed E-state index contributed by atoms with van der Waals surface area (Å²) in [5.74, 6) is -1.02. The van der Waals surface area contributed by atoms with Gasteiger partial charge in [0, 0.05) is 10.6 Å². The summed E-state index contributed by atoms with van der Waals surface area (Å²) in [7, 11) is -3.89. The Morgan fingerprint density at radius 1 is 1.26 bits per heavy atom. The predicted octanol–water partition coefficient (Wildman–Crippen LogP) is 1.84. The fourth-order valence-electron chi connectivity index (χ4n) is 2.72. The number of hydrogen-bond donors (Lipinski definition) is 2.